The first-order valence-corrected chi connectivity index (χ1v) is 8.41. The van der Waals surface area contributed by atoms with E-state index in [1.165, 1.54) is 6.92 Å². The van der Waals surface area contributed by atoms with Gasteiger partial charge in [0.2, 0.25) is 0 Å². The van der Waals surface area contributed by atoms with E-state index < -0.39 is 13.6 Å². The van der Waals surface area contributed by atoms with Gasteiger partial charge >= 0.3 is 13.6 Å². The lowest BCUT2D eigenvalue weighted by Gasteiger charge is -2.17. The Bertz CT molecular complexity index is 519. The normalized spacial score (nSPS) is 12.2. The molecule has 116 valence electrons. The Morgan fingerprint density at radius 2 is 1.71 bits per heavy atom. The molecule has 0 N–H and O–H groups in total. The third-order valence-corrected chi connectivity index (χ3v) is 4.38. The molecule has 0 fully saturated rings. The van der Waals surface area contributed by atoms with Crippen LogP contribution in [0.15, 0.2) is 35.5 Å². The first kappa shape index (κ1) is 17.6. The van der Waals surface area contributed by atoms with Crippen molar-refractivity contribution in [1.82, 2.24) is 0 Å². The summed E-state index contributed by atoms with van der Waals surface area (Å²) in [5.74, 6) is -0.550. The van der Waals surface area contributed by atoms with E-state index in [0.29, 0.717) is 11.3 Å². The molecule has 0 saturated carbocycles. The molecule has 0 bridgehead atoms. The van der Waals surface area contributed by atoms with E-state index >= 15 is 0 Å². The van der Waals surface area contributed by atoms with Gasteiger partial charge < -0.3 is 13.9 Å². The summed E-state index contributed by atoms with van der Waals surface area (Å²) in [4.78, 5) is 15.6. The van der Waals surface area contributed by atoms with Gasteiger partial charge in [0.05, 0.1) is 25.1 Å². The van der Waals surface area contributed by atoms with Gasteiger partial charge in [-0.25, -0.2) is 4.79 Å². The maximum Gasteiger partial charge on any atom is 0.336 e. The van der Waals surface area contributed by atoms with Crippen LogP contribution in [0.1, 0.15) is 26.3 Å². The highest BCUT2D eigenvalue weighted by Crippen LogP contribution is 2.48. The molecule has 0 aliphatic carbocycles. The fourth-order valence-electron chi connectivity index (χ4n) is 1.63. The molecule has 0 heterocycles. The molecule has 0 spiro atoms. The zero-order valence-corrected chi connectivity index (χ0v) is 13.3. The lowest BCUT2D eigenvalue weighted by atomic mass is 10.1. The highest BCUT2D eigenvalue weighted by molar-refractivity contribution is 7.55. The number of benzene rings is 1. The lowest BCUT2D eigenvalue weighted by molar-refractivity contribution is -0.140. The van der Waals surface area contributed by atoms with E-state index in [9.17, 15) is 9.36 Å². The zero-order chi connectivity index (χ0) is 15.7. The largest absolute Gasteiger partial charge is 0.336 e. The monoisotopic (exact) mass is 313 g/mol. The van der Waals surface area contributed by atoms with E-state index in [1.807, 2.05) is 18.2 Å². The van der Waals surface area contributed by atoms with E-state index in [0.717, 1.165) is 0 Å². The maximum absolute atomic E-state index is 12.6. The zero-order valence-electron chi connectivity index (χ0n) is 12.4. The van der Waals surface area contributed by atoms with Crippen LogP contribution in [0.3, 0.4) is 0 Å². The van der Waals surface area contributed by atoms with Gasteiger partial charge in [-0.05, 0) is 19.4 Å². The molecule has 0 aliphatic rings. The van der Waals surface area contributed by atoms with Gasteiger partial charge in [0.15, 0.2) is 0 Å². The van der Waals surface area contributed by atoms with Gasteiger partial charge in [0, 0.05) is 6.92 Å². The molecule has 0 saturated heterocycles. The number of nitrogens with zero attached hydrogens (tertiary/aromatic N) is 1. The fourth-order valence-corrected chi connectivity index (χ4v) is 3.28. The van der Waals surface area contributed by atoms with Crippen molar-refractivity contribution in [2.75, 3.05) is 19.4 Å². The molecule has 0 aromatic heterocycles. The average Bonchev–Trinajstić information content (AvgIpc) is 2.45. The molecule has 1 rings (SSSR count). The summed E-state index contributed by atoms with van der Waals surface area (Å²) in [7, 11) is -3.32. The molecular weight excluding hydrogens is 293 g/mol. The van der Waals surface area contributed by atoms with Crippen LogP contribution in [0, 0.1) is 0 Å². The Balaban J connectivity index is 3.04. The lowest BCUT2D eigenvalue weighted by Crippen LogP contribution is -2.13. The van der Waals surface area contributed by atoms with E-state index in [-0.39, 0.29) is 19.4 Å². The SMILES string of the molecule is CCOP(=O)(C/C(=N/OC(C)=O)c1ccccc1)OCC. The van der Waals surface area contributed by atoms with Crippen LogP contribution in [-0.2, 0) is 23.2 Å². The maximum atomic E-state index is 12.6. The van der Waals surface area contributed by atoms with Crippen LogP contribution in [0.25, 0.3) is 0 Å². The van der Waals surface area contributed by atoms with Crippen LogP contribution in [0.2, 0.25) is 0 Å². The molecule has 0 atom stereocenters. The van der Waals surface area contributed by atoms with Gasteiger partial charge in [-0.3, -0.25) is 4.57 Å². The van der Waals surface area contributed by atoms with Crippen molar-refractivity contribution in [3.05, 3.63) is 35.9 Å². The Morgan fingerprint density at radius 1 is 1.14 bits per heavy atom. The van der Waals surface area contributed by atoms with Crippen LogP contribution in [0.4, 0.5) is 0 Å². The van der Waals surface area contributed by atoms with Crippen molar-refractivity contribution < 1.29 is 23.2 Å². The highest BCUT2D eigenvalue weighted by atomic mass is 31.2. The molecule has 6 nitrogen and oxygen atoms in total. The molecule has 1 aromatic rings. The average molecular weight is 313 g/mol. The van der Waals surface area contributed by atoms with Crippen LogP contribution in [0.5, 0.6) is 0 Å². The van der Waals surface area contributed by atoms with Crippen molar-refractivity contribution in [2.45, 2.75) is 20.8 Å². The second kappa shape index (κ2) is 8.72. The quantitative estimate of drug-likeness (QED) is 0.319. The highest BCUT2D eigenvalue weighted by Gasteiger charge is 2.27. The number of carbonyl (C=O) groups excluding carboxylic acids is 1. The Kier molecular flexibility index (Phi) is 7.29. The molecule has 0 radical (unpaired) electrons. The summed E-state index contributed by atoms with van der Waals surface area (Å²) in [5, 5.41) is 3.78. The summed E-state index contributed by atoms with van der Waals surface area (Å²) >= 11 is 0. The first-order chi connectivity index (χ1) is 10.0. The minimum Gasteiger partial charge on any atom is -0.318 e. The van der Waals surface area contributed by atoms with Gasteiger partial charge in [-0.1, -0.05) is 35.5 Å². The Hall–Kier alpha value is -1.49. The number of oxime groups is 1. The van der Waals surface area contributed by atoms with Gasteiger partial charge in [0.1, 0.15) is 0 Å². The van der Waals surface area contributed by atoms with Gasteiger partial charge in [-0.2, -0.15) is 0 Å². The summed E-state index contributed by atoms with van der Waals surface area (Å²) < 4.78 is 23.1. The smallest absolute Gasteiger partial charge is 0.318 e. The predicted molar refractivity (Wildman–Crippen MR) is 80.5 cm³/mol. The van der Waals surface area contributed by atoms with Crippen LogP contribution < -0.4 is 0 Å². The molecule has 7 heteroatoms. The summed E-state index contributed by atoms with van der Waals surface area (Å²) in [6.07, 6.45) is -0.0635. The van der Waals surface area contributed by atoms with Gasteiger partial charge in [0.25, 0.3) is 0 Å². The molecule has 21 heavy (non-hydrogen) atoms. The number of hydrogen-bond donors (Lipinski definition) is 0. The second-order valence-corrected chi connectivity index (χ2v) is 6.15. The molecule has 1 aromatic carbocycles. The van der Waals surface area contributed by atoms with Crippen molar-refractivity contribution in [3.63, 3.8) is 0 Å². The topological polar surface area (TPSA) is 74.2 Å². The third-order valence-electron chi connectivity index (χ3n) is 2.39. The molecule has 0 amide bonds. The number of rotatable bonds is 8. The van der Waals surface area contributed by atoms with E-state index in [2.05, 4.69) is 9.99 Å². The van der Waals surface area contributed by atoms with Crippen LogP contribution in [-0.4, -0.2) is 31.1 Å². The van der Waals surface area contributed by atoms with Crippen LogP contribution >= 0.6 is 7.60 Å². The summed E-state index contributed by atoms with van der Waals surface area (Å²) in [6.45, 7) is 5.23. The van der Waals surface area contributed by atoms with Crippen molar-refractivity contribution >= 4 is 19.3 Å². The van der Waals surface area contributed by atoms with Crippen molar-refractivity contribution in [2.24, 2.45) is 5.16 Å². The minimum absolute atomic E-state index is 0.0635. The molecule has 0 unspecified atom stereocenters. The molecule has 0 aliphatic heterocycles. The Labute approximate surface area is 124 Å². The van der Waals surface area contributed by atoms with E-state index in [4.69, 9.17) is 9.05 Å². The van der Waals surface area contributed by atoms with Crippen molar-refractivity contribution in [3.8, 4) is 0 Å². The summed E-state index contributed by atoms with van der Waals surface area (Å²) in [5.41, 5.74) is 1.04. The summed E-state index contributed by atoms with van der Waals surface area (Å²) in [6, 6.07) is 9.03. The fraction of sp³-hybridized carbons (Fsp3) is 0.429. The van der Waals surface area contributed by atoms with Crippen molar-refractivity contribution in [1.29, 1.82) is 0 Å². The first-order valence-electron chi connectivity index (χ1n) is 6.68. The predicted octanol–water partition coefficient (Wildman–Crippen LogP) is 3.22. The van der Waals surface area contributed by atoms with Gasteiger partial charge in [-0.15, -0.1) is 0 Å². The number of hydrogen-bond acceptors (Lipinski definition) is 6. The number of carbonyl (C=O) groups is 1. The Morgan fingerprint density at radius 3 is 2.19 bits per heavy atom. The molecular formula is C14H20NO5P. The minimum atomic E-state index is -3.32. The van der Waals surface area contributed by atoms with E-state index in [1.54, 1.807) is 26.0 Å². The standard InChI is InChI=1S/C14H20NO5P/c1-4-18-21(17,19-5-2)11-14(15-20-12(3)16)13-9-7-6-8-10-13/h6-10H,4-5,11H2,1-3H3/b15-14-. The second-order valence-electron chi connectivity index (χ2n) is 4.09. The third kappa shape index (κ3) is 6.21.